The number of nitrogens with zero attached hydrogens (tertiary/aromatic N) is 1. The number of carbonyl (C=O) groups is 3. The molecule has 0 aliphatic carbocycles. The lowest BCUT2D eigenvalue weighted by Crippen LogP contribution is -2.55. The molecule has 0 N–H and O–H groups in total. The van der Waals surface area contributed by atoms with Crippen LogP contribution in [-0.2, 0) is 30.3 Å². The fourth-order valence-corrected chi connectivity index (χ4v) is 6.73. The molecular weight excluding hydrogens is 514 g/mol. The van der Waals surface area contributed by atoms with E-state index < -0.39 is 41.6 Å². The molecule has 0 saturated carbocycles. The Labute approximate surface area is 223 Å². The van der Waals surface area contributed by atoms with Gasteiger partial charge in [-0.1, -0.05) is 18.2 Å². The second-order valence-corrected chi connectivity index (χ2v) is 10.4. The first-order chi connectivity index (χ1) is 17.9. The number of esters is 2. The van der Waals surface area contributed by atoms with E-state index in [0.29, 0.717) is 24.5 Å². The number of ketones is 1. The Morgan fingerprint density at radius 3 is 1.84 bits per heavy atom. The van der Waals surface area contributed by atoms with Crippen LogP contribution in [0.25, 0.3) is 0 Å². The van der Waals surface area contributed by atoms with Gasteiger partial charge in [-0.05, 0) is 40.9 Å². The van der Waals surface area contributed by atoms with E-state index in [1.165, 1.54) is 36.9 Å². The molecule has 1 aliphatic heterocycles. The lowest BCUT2D eigenvalue weighted by Gasteiger charge is -2.47. The van der Waals surface area contributed by atoms with Crippen LogP contribution < -0.4 is 9.47 Å². The average molecular weight is 544 g/mol. The summed E-state index contributed by atoms with van der Waals surface area (Å²) in [7, 11) is 5.70. The first-order valence-corrected chi connectivity index (χ1v) is 13.4. The summed E-state index contributed by atoms with van der Waals surface area (Å²) in [5.74, 6) is -2.85. The first kappa shape index (κ1) is 26.8. The lowest BCUT2D eigenvalue weighted by atomic mass is 9.75. The van der Waals surface area contributed by atoms with Crippen LogP contribution in [0.3, 0.4) is 0 Å². The van der Waals surface area contributed by atoms with Gasteiger partial charge in [-0.25, -0.2) is 0 Å². The molecule has 4 unspecified atom stereocenters. The number of thiophene rings is 2. The second kappa shape index (κ2) is 11.9. The Morgan fingerprint density at radius 1 is 0.838 bits per heavy atom. The maximum Gasteiger partial charge on any atom is 0.318 e. The molecule has 1 fully saturated rings. The number of likely N-dealkylation sites (tertiary alicyclic amines) is 1. The number of benzene rings is 1. The third-order valence-corrected chi connectivity index (χ3v) is 8.56. The second-order valence-electron chi connectivity index (χ2n) is 8.49. The number of methoxy groups -OCH3 is 4. The third kappa shape index (κ3) is 5.27. The zero-order valence-electron chi connectivity index (χ0n) is 21.0. The monoisotopic (exact) mass is 543 g/mol. The van der Waals surface area contributed by atoms with Crippen molar-refractivity contribution in [2.45, 2.75) is 18.5 Å². The Balaban J connectivity index is 1.84. The van der Waals surface area contributed by atoms with Crippen molar-refractivity contribution in [3.63, 3.8) is 0 Å². The molecule has 37 heavy (non-hydrogen) atoms. The van der Waals surface area contributed by atoms with Crippen molar-refractivity contribution in [1.82, 2.24) is 4.90 Å². The SMILES string of the molecule is COC(=O)C1C(=O)C(C(=O)OC)C(c2cccs2)N(CCc2ccc(OC)cc2OC)C1c1cccs1. The van der Waals surface area contributed by atoms with Crippen molar-refractivity contribution in [2.24, 2.45) is 11.8 Å². The van der Waals surface area contributed by atoms with Crippen LogP contribution in [0.1, 0.15) is 27.4 Å². The van der Waals surface area contributed by atoms with Crippen LogP contribution in [0.5, 0.6) is 11.5 Å². The molecule has 3 aromatic rings. The molecule has 2 aromatic heterocycles. The number of piperidine rings is 1. The number of hydrogen-bond acceptors (Lipinski definition) is 10. The summed E-state index contributed by atoms with van der Waals surface area (Å²) in [5, 5.41) is 3.82. The standard InChI is InChI=1S/C27H29NO7S2/c1-32-17-10-9-16(18(15-17)33-2)11-12-28-23(19-7-5-13-36-19)21(26(30)34-3)25(29)22(27(31)35-4)24(28)20-8-6-14-37-20/h5-10,13-15,21-24H,11-12H2,1-4H3. The maximum absolute atomic E-state index is 13.9. The van der Waals surface area contributed by atoms with Crippen molar-refractivity contribution in [3.8, 4) is 11.5 Å². The van der Waals surface area contributed by atoms with Gasteiger partial charge in [0.15, 0.2) is 5.78 Å². The van der Waals surface area contributed by atoms with E-state index in [1.807, 2.05) is 53.2 Å². The molecule has 196 valence electrons. The van der Waals surface area contributed by atoms with Gasteiger partial charge in [0.1, 0.15) is 23.3 Å². The van der Waals surface area contributed by atoms with E-state index in [-0.39, 0.29) is 0 Å². The van der Waals surface area contributed by atoms with Crippen molar-refractivity contribution in [2.75, 3.05) is 35.0 Å². The quantitative estimate of drug-likeness (QED) is 0.291. The highest BCUT2D eigenvalue weighted by molar-refractivity contribution is 7.10. The zero-order chi connectivity index (χ0) is 26.5. The predicted octanol–water partition coefficient (Wildman–Crippen LogP) is 4.32. The summed E-state index contributed by atoms with van der Waals surface area (Å²) in [6.07, 6.45) is 0.535. The zero-order valence-corrected chi connectivity index (χ0v) is 22.7. The van der Waals surface area contributed by atoms with Crippen LogP contribution in [-0.4, -0.2) is 57.6 Å². The van der Waals surface area contributed by atoms with E-state index in [0.717, 1.165) is 15.3 Å². The molecule has 0 amide bonds. The normalized spacial score (nSPS) is 21.9. The summed E-state index contributed by atoms with van der Waals surface area (Å²) < 4.78 is 21.1. The molecular formula is C27H29NO7S2. The molecule has 0 spiro atoms. The van der Waals surface area contributed by atoms with Crippen LogP contribution in [0.4, 0.5) is 0 Å². The molecule has 4 rings (SSSR count). The van der Waals surface area contributed by atoms with Gasteiger partial charge < -0.3 is 18.9 Å². The molecule has 8 nitrogen and oxygen atoms in total. The van der Waals surface area contributed by atoms with Crippen LogP contribution in [0.15, 0.2) is 53.2 Å². The number of ether oxygens (including phenoxy) is 4. The van der Waals surface area contributed by atoms with E-state index in [2.05, 4.69) is 4.90 Å². The van der Waals surface area contributed by atoms with E-state index in [9.17, 15) is 14.4 Å². The number of rotatable bonds is 9. The van der Waals surface area contributed by atoms with E-state index in [1.54, 1.807) is 14.2 Å². The van der Waals surface area contributed by atoms with Gasteiger partial charge in [0, 0.05) is 22.4 Å². The first-order valence-electron chi connectivity index (χ1n) is 11.7. The smallest absolute Gasteiger partial charge is 0.318 e. The van der Waals surface area contributed by atoms with Gasteiger partial charge in [0.05, 0.1) is 40.5 Å². The van der Waals surface area contributed by atoms with E-state index in [4.69, 9.17) is 18.9 Å². The van der Waals surface area contributed by atoms with Gasteiger partial charge in [0.2, 0.25) is 0 Å². The molecule has 4 atom stereocenters. The fourth-order valence-electron chi connectivity index (χ4n) is 4.97. The van der Waals surface area contributed by atoms with Crippen LogP contribution >= 0.6 is 22.7 Å². The largest absolute Gasteiger partial charge is 0.497 e. The summed E-state index contributed by atoms with van der Waals surface area (Å²) in [5.41, 5.74) is 0.930. The topological polar surface area (TPSA) is 91.4 Å². The molecule has 0 bridgehead atoms. The van der Waals surface area contributed by atoms with Crippen molar-refractivity contribution in [1.29, 1.82) is 0 Å². The lowest BCUT2D eigenvalue weighted by molar-refractivity contribution is -0.167. The van der Waals surface area contributed by atoms with Gasteiger partial charge in [0.25, 0.3) is 0 Å². The number of carbonyl (C=O) groups excluding carboxylic acids is 3. The van der Waals surface area contributed by atoms with Gasteiger partial charge in [-0.2, -0.15) is 0 Å². The Bertz CT molecular complexity index is 1160. The highest BCUT2D eigenvalue weighted by Gasteiger charge is 2.56. The summed E-state index contributed by atoms with van der Waals surface area (Å²) in [4.78, 5) is 43.8. The molecule has 0 radical (unpaired) electrons. The Morgan fingerprint density at radius 2 is 1.41 bits per heavy atom. The highest BCUT2D eigenvalue weighted by Crippen LogP contribution is 2.49. The minimum absolute atomic E-state index is 0.433. The molecule has 1 aliphatic rings. The minimum atomic E-state index is -1.18. The van der Waals surface area contributed by atoms with Gasteiger partial charge in [-0.3, -0.25) is 19.3 Å². The molecule has 10 heteroatoms. The van der Waals surface area contributed by atoms with Crippen molar-refractivity contribution in [3.05, 3.63) is 68.5 Å². The fraction of sp³-hybridized carbons (Fsp3) is 0.370. The summed E-state index contributed by atoms with van der Waals surface area (Å²) in [6, 6.07) is 12.0. The van der Waals surface area contributed by atoms with Crippen molar-refractivity contribution >= 4 is 40.4 Å². The molecule has 1 aromatic carbocycles. The molecule has 3 heterocycles. The van der Waals surface area contributed by atoms with Crippen molar-refractivity contribution < 1.29 is 33.3 Å². The highest BCUT2D eigenvalue weighted by atomic mass is 32.1. The summed E-state index contributed by atoms with van der Waals surface area (Å²) >= 11 is 2.92. The number of hydrogen-bond donors (Lipinski definition) is 0. The van der Waals surface area contributed by atoms with Crippen LogP contribution in [0.2, 0.25) is 0 Å². The van der Waals surface area contributed by atoms with Gasteiger partial charge >= 0.3 is 11.9 Å². The summed E-state index contributed by atoms with van der Waals surface area (Å²) in [6.45, 7) is 0.433. The Hall–Kier alpha value is -3.21. The molecule has 1 saturated heterocycles. The minimum Gasteiger partial charge on any atom is -0.497 e. The van der Waals surface area contributed by atoms with Gasteiger partial charge in [-0.15, -0.1) is 22.7 Å². The van der Waals surface area contributed by atoms with E-state index >= 15 is 0 Å². The number of Topliss-reactive ketones (excluding diaryl/α,β-unsaturated/α-hetero) is 1. The predicted molar refractivity (Wildman–Crippen MR) is 140 cm³/mol. The van der Waals surface area contributed by atoms with Crippen LogP contribution in [0, 0.1) is 11.8 Å². The Kier molecular flexibility index (Phi) is 8.63. The maximum atomic E-state index is 13.9. The average Bonchev–Trinajstić information content (AvgIpc) is 3.65. The third-order valence-electron chi connectivity index (χ3n) is 6.67.